The predicted molar refractivity (Wildman–Crippen MR) is 129 cm³/mol. The molecule has 0 aliphatic rings. The van der Waals surface area contributed by atoms with Crippen LogP contribution in [0.1, 0.15) is 42.3 Å². The first-order valence-electron chi connectivity index (χ1n) is 11.9. The van der Waals surface area contributed by atoms with E-state index in [0.717, 1.165) is 37.0 Å². The number of alkyl halides is 2. The number of rotatable bonds is 7. The summed E-state index contributed by atoms with van der Waals surface area (Å²) in [6.45, 7) is 2.03. The van der Waals surface area contributed by atoms with Gasteiger partial charge in [-0.15, -0.1) is 0 Å². The Hall–Kier alpha value is -4.53. The van der Waals surface area contributed by atoms with Crippen LogP contribution in [0.2, 0.25) is 0 Å². The van der Waals surface area contributed by atoms with Crippen LogP contribution in [-0.2, 0) is 12.5 Å². The lowest BCUT2D eigenvalue weighted by Crippen LogP contribution is -2.25. The predicted octanol–water partition coefficient (Wildman–Crippen LogP) is 7.99. The molecule has 41 heavy (non-hydrogen) atoms. The first-order valence-corrected chi connectivity index (χ1v) is 11.9. The molecule has 212 valence electrons. The molecule has 1 aromatic heterocycles. The largest absolute Gasteiger partial charge is 0.432 e. The van der Waals surface area contributed by atoms with E-state index in [9.17, 15) is 39.5 Å². The summed E-state index contributed by atoms with van der Waals surface area (Å²) < 4.78 is 132. The maximum absolute atomic E-state index is 14.8. The van der Waals surface area contributed by atoms with Crippen LogP contribution in [0.5, 0.6) is 5.75 Å². The van der Waals surface area contributed by atoms with Crippen LogP contribution in [0.15, 0.2) is 48.8 Å². The van der Waals surface area contributed by atoms with Gasteiger partial charge >= 0.3 is 6.11 Å². The van der Waals surface area contributed by atoms with Crippen molar-refractivity contribution in [3.8, 4) is 28.7 Å². The van der Waals surface area contributed by atoms with E-state index in [-0.39, 0.29) is 35.7 Å². The van der Waals surface area contributed by atoms with Crippen molar-refractivity contribution in [1.82, 2.24) is 9.97 Å². The van der Waals surface area contributed by atoms with E-state index in [2.05, 4.69) is 26.5 Å². The molecule has 3 aromatic carbocycles. The van der Waals surface area contributed by atoms with Crippen molar-refractivity contribution in [2.75, 3.05) is 0 Å². The Morgan fingerprint density at radius 1 is 0.732 bits per heavy atom. The molecule has 0 saturated heterocycles. The third-order valence-electron chi connectivity index (χ3n) is 5.71. The Labute approximate surface area is 227 Å². The quantitative estimate of drug-likeness (QED) is 0.126. The number of hydrogen-bond acceptors (Lipinski definition) is 3. The highest BCUT2D eigenvalue weighted by Gasteiger charge is 2.41. The van der Waals surface area contributed by atoms with E-state index in [1.165, 1.54) is 0 Å². The number of nitrogens with zero attached hydrogens (tertiary/aromatic N) is 2. The summed E-state index contributed by atoms with van der Waals surface area (Å²) in [5.41, 5.74) is -3.01. The molecule has 12 heteroatoms. The summed E-state index contributed by atoms with van der Waals surface area (Å²) in [7, 11) is 0. The Morgan fingerprint density at radius 3 is 1.83 bits per heavy atom. The molecule has 0 aliphatic carbocycles. The number of unbranched alkanes of at least 4 members (excludes halogenated alkanes) is 1. The van der Waals surface area contributed by atoms with E-state index in [0.29, 0.717) is 0 Å². The van der Waals surface area contributed by atoms with Crippen LogP contribution in [0, 0.1) is 52.6 Å². The minimum Gasteiger partial charge on any atom is -0.429 e. The maximum atomic E-state index is 14.8. The van der Waals surface area contributed by atoms with E-state index < -0.39 is 69.3 Å². The summed E-state index contributed by atoms with van der Waals surface area (Å²) in [4.78, 5) is 8.12. The highest BCUT2D eigenvalue weighted by Crippen LogP contribution is 2.38. The van der Waals surface area contributed by atoms with Gasteiger partial charge in [0.1, 0.15) is 34.6 Å². The van der Waals surface area contributed by atoms with Gasteiger partial charge in [-0.1, -0.05) is 19.3 Å². The molecule has 0 unspecified atom stereocenters. The molecule has 0 aliphatic heterocycles. The molecular weight excluding hydrogens is 563 g/mol. The highest BCUT2D eigenvalue weighted by molar-refractivity contribution is 5.67. The molecule has 0 spiro atoms. The minimum absolute atomic E-state index is 0.0421. The van der Waals surface area contributed by atoms with Gasteiger partial charge in [-0.3, -0.25) is 0 Å². The molecule has 0 radical (unpaired) electrons. The second-order valence-electron chi connectivity index (χ2n) is 8.72. The van der Waals surface area contributed by atoms with Crippen molar-refractivity contribution >= 4 is 0 Å². The van der Waals surface area contributed by atoms with Gasteiger partial charge in [0.15, 0.2) is 17.5 Å². The second-order valence-corrected chi connectivity index (χ2v) is 8.72. The lowest BCUT2D eigenvalue weighted by Gasteiger charge is -2.20. The number of benzene rings is 3. The summed E-state index contributed by atoms with van der Waals surface area (Å²) in [6.07, 6.45) is 1.01. The normalized spacial score (nSPS) is 11.3. The van der Waals surface area contributed by atoms with Crippen molar-refractivity contribution in [1.29, 1.82) is 0 Å². The molecular formula is C29H17F9N2O. The number of hydrogen-bond donors (Lipinski definition) is 0. The van der Waals surface area contributed by atoms with Crippen molar-refractivity contribution in [2.24, 2.45) is 0 Å². The Bertz CT molecular complexity index is 1590. The standard InChI is InChI=1S/C29H17F9N2O/c1-2-3-4-16-13-39-25(40-14-16)6-5-15-7-19(30)26(20(31)8-15)17-9-21(32)27(22(33)10-17)29(37,38)41-18-11-23(34)28(36)24(35)12-18/h7-14H,2-4H2,1H3. The molecule has 0 N–H and O–H groups in total. The van der Waals surface area contributed by atoms with Crippen molar-refractivity contribution in [2.45, 2.75) is 32.3 Å². The number of ether oxygens (including phenoxy) is 1. The zero-order valence-electron chi connectivity index (χ0n) is 20.9. The van der Waals surface area contributed by atoms with Crippen LogP contribution in [0.25, 0.3) is 11.1 Å². The van der Waals surface area contributed by atoms with E-state index >= 15 is 0 Å². The molecule has 4 rings (SSSR count). The van der Waals surface area contributed by atoms with Crippen molar-refractivity contribution in [3.63, 3.8) is 0 Å². The first kappa shape index (κ1) is 29.5. The van der Waals surface area contributed by atoms with Crippen LogP contribution >= 0.6 is 0 Å². The monoisotopic (exact) mass is 580 g/mol. The second kappa shape index (κ2) is 11.9. The number of aryl methyl sites for hydroxylation is 1. The third kappa shape index (κ3) is 6.62. The summed E-state index contributed by atoms with van der Waals surface area (Å²) >= 11 is 0. The fourth-order valence-electron chi connectivity index (χ4n) is 3.76. The fraction of sp³-hybridized carbons (Fsp3) is 0.172. The average molecular weight is 580 g/mol. The molecule has 0 bridgehead atoms. The van der Waals surface area contributed by atoms with Gasteiger partial charge in [0, 0.05) is 30.1 Å². The summed E-state index contributed by atoms with van der Waals surface area (Å²) in [5, 5.41) is 0. The van der Waals surface area contributed by atoms with Gasteiger partial charge in [0.2, 0.25) is 5.82 Å². The zero-order valence-corrected chi connectivity index (χ0v) is 20.9. The third-order valence-corrected chi connectivity index (χ3v) is 5.71. The van der Waals surface area contributed by atoms with E-state index in [1.54, 1.807) is 12.4 Å². The molecule has 4 aromatic rings. The van der Waals surface area contributed by atoms with Crippen LogP contribution in [-0.4, -0.2) is 9.97 Å². The molecule has 0 fully saturated rings. The molecule has 0 saturated carbocycles. The van der Waals surface area contributed by atoms with E-state index in [4.69, 9.17) is 0 Å². The maximum Gasteiger partial charge on any atom is 0.432 e. The Kier molecular flexibility index (Phi) is 8.56. The first-order chi connectivity index (χ1) is 19.4. The van der Waals surface area contributed by atoms with Crippen molar-refractivity contribution in [3.05, 3.63) is 112 Å². The topological polar surface area (TPSA) is 35.0 Å². The summed E-state index contributed by atoms with van der Waals surface area (Å²) in [5.74, 6) is -8.53. The lowest BCUT2D eigenvalue weighted by atomic mass is 9.99. The number of aromatic nitrogens is 2. The van der Waals surface area contributed by atoms with E-state index in [1.807, 2.05) is 6.92 Å². The fourth-order valence-corrected chi connectivity index (χ4v) is 3.76. The smallest absolute Gasteiger partial charge is 0.429 e. The zero-order chi connectivity index (χ0) is 29.9. The Morgan fingerprint density at radius 2 is 1.29 bits per heavy atom. The molecule has 0 atom stereocenters. The van der Waals surface area contributed by atoms with Gasteiger partial charge in [-0.25, -0.2) is 40.7 Å². The van der Waals surface area contributed by atoms with Gasteiger partial charge < -0.3 is 4.74 Å². The van der Waals surface area contributed by atoms with Crippen LogP contribution in [0.3, 0.4) is 0 Å². The van der Waals surface area contributed by atoms with Crippen LogP contribution in [0.4, 0.5) is 39.5 Å². The molecule has 1 heterocycles. The van der Waals surface area contributed by atoms with Gasteiger partial charge in [0.05, 0.1) is 5.56 Å². The van der Waals surface area contributed by atoms with Crippen LogP contribution < -0.4 is 4.74 Å². The average Bonchev–Trinajstić information content (AvgIpc) is 2.88. The minimum atomic E-state index is -4.86. The molecule has 0 amide bonds. The van der Waals surface area contributed by atoms with Gasteiger partial charge in [-0.05, 0) is 54.2 Å². The van der Waals surface area contributed by atoms with Gasteiger partial charge in [0.25, 0.3) is 0 Å². The highest BCUT2D eigenvalue weighted by atomic mass is 19.3. The Balaban J connectivity index is 1.61. The molecule has 3 nitrogen and oxygen atoms in total. The van der Waals surface area contributed by atoms with Gasteiger partial charge in [-0.2, -0.15) is 8.78 Å². The lowest BCUT2D eigenvalue weighted by molar-refractivity contribution is -0.189. The number of halogens is 9. The SMILES string of the molecule is CCCCc1cnc(C#Cc2cc(F)c(-c3cc(F)c(C(F)(F)Oc4cc(F)c(F)c(F)c4)c(F)c3)c(F)c2)nc1. The van der Waals surface area contributed by atoms with Crippen molar-refractivity contribution < 1.29 is 44.3 Å². The summed E-state index contributed by atoms with van der Waals surface area (Å²) in [6, 6.07) is 2.06.